The number of hydrogen-bond acceptors (Lipinski definition) is 5. The van der Waals surface area contributed by atoms with Gasteiger partial charge in [-0.05, 0) is 45.6 Å². The number of carbonyl (C=O) groups excluding carboxylic acids is 1. The number of rotatable bonds is 9. The van der Waals surface area contributed by atoms with Crippen LogP contribution in [0.4, 0.5) is 0 Å². The van der Waals surface area contributed by atoms with Crippen molar-refractivity contribution in [3.63, 3.8) is 0 Å². The second-order valence-electron chi connectivity index (χ2n) is 5.49. The van der Waals surface area contributed by atoms with Gasteiger partial charge in [0.15, 0.2) is 0 Å². The molecule has 0 saturated carbocycles. The number of methoxy groups -OCH3 is 1. The number of unbranched alkanes of at least 4 members (excludes halogenated alkanes) is 1. The molecule has 0 spiro atoms. The van der Waals surface area contributed by atoms with Crippen molar-refractivity contribution in [2.24, 2.45) is 0 Å². The van der Waals surface area contributed by atoms with Crippen LogP contribution in [-0.2, 0) is 19.0 Å². The van der Waals surface area contributed by atoms with E-state index < -0.39 is 5.54 Å². The average Bonchev–Trinajstić information content (AvgIpc) is 2.47. The van der Waals surface area contributed by atoms with Crippen molar-refractivity contribution >= 4 is 5.97 Å². The first-order chi connectivity index (χ1) is 9.62. The minimum absolute atomic E-state index is 0.190. The Labute approximate surface area is 122 Å². The van der Waals surface area contributed by atoms with Crippen LogP contribution >= 0.6 is 0 Å². The minimum atomic E-state index is -0.581. The highest BCUT2D eigenvalue weighted by molar-refractivity contribution is 5.80. The molecule has 1 unspecified atom stereocenters. The zero-order valence-electron chi connectivity index (χ0n) is 13.1. The van der Waals surface area contributed by atoms with Gasteiger partial charge in [0.2, 0.25) is 0 Å². The smallest absolute Gasteiger partial charge is 0.325 e. The van der Waals surface area contributed by atoms with Gasteiger partial charge in [-0.1, -0.05) is 6.92 Å². The lowest BCUT2D eigenvalue weighted by atomic mass is 9.95. The van der Waals surface area contributed by atoms with Crippen LogP contribution in [0.5, 0.6) is 0 Å². The Kier molecular flexibility index (Phi) is 8.11. The van der Waals surface area contributed by atoms with Gasteiger partial charge >= 0.3 is 5.97 Å². The van der Waals surface area contributed by atoms with E-state index in [0.29, 0.717) is 6.10 Å². The van der Waals surface area contributed by atoms with E-state index in [1.807, 2.05) is 13.8 Å². The van der Waals surface area contributed by atoms with Crippen molar-refractivity contribution in [2.75, 3.05) is 33.5 Å². The van der Waals surface area contributed by atoms with Gasteiger partial charge < -0.3 is 19.5 Å². The Bertz CT molecular complexity index is 279. The molecule has 20 heavy (non-hydrogen) atoms. The minimum Gasteiger partial charge on any atom is -0.468 e. The summed E-state index contributed by atoms with van der Waals surface area (Å²) in [7, 11) is 1.44. The van der Waals surface area contributed by atoms with E-state index >= 15 is 0 Å². The summed E-state index contributed by atoms with van der Waals surface area (Å²) in [6.45, 7) is 7.03. The Hall–Kier alpha value is -0.650. The summed E-state index contributed by atoms with van der Waals surface area (Å²) in [5, 5.41) is 3.22. The summed E-state index contributed by atoms with van der Waals surface area (Å²) in [6, 6.07) is 0. The lowest BCUT2D eigenvalue weighted by Gasteiger charge is -2.27. The van der Waals surface area contributed by atoms with Crippen LogP contribution in [-0.4, -0.2) is 51.1 Å². The molecule has 1 aliphatic rings. The highest BCUT2D eigenvalue weighted by atomic mass is 16.5. The Morgan fingerprint density at radius 1 is 1.35 bits per heavy atom. The summed E-state index contributed by atoms with van der Waals surface area (Å²) in [5.41, 5.74) is -0.581. The molecule has 0 aromatic carbocycles. The summed E-state index contributed by atoms with van der Waals surface area (Å²) in [5.74, 6) is -0.190. The molecule has 0 aromatic rings. The fourth-order valence-electron chi connectivity index (χ4n) is 2.55. The first kappa shape index (κ1) is 17.4. The largest absolute Gasteiger partial charge is 0.468 e. The van der Waals surface area contributed by atoms with Crippen LogP contribution in [0.1, 0.15) is 46.0 Å². The Morgan fingerprint density at radius 3 is 2.65 bits per heavy atom. The van der Waals surface area contributed by atoms with Crippen LogP contribution in [0.15, 0.2) is 0 Å². The fraction of sp³-hybridized carbons (Fsp3) is 0.933. The van der Waals surface area contributed by atoms with E-state index in [9.17, 15) is 4.79 Å². The van der Waals surface area contributed by atoms with Gasteiger partial charge in [0.1, 0.15) is 5.54 Å². The molecule has 1 heterocycles. The van der Waals surface area contributed by atoms with Crippen molar-refractivity contribution in [2.45, 2.75) is 57.6 Å². The maximum atomic E-state index is 11.8. The lowest BCUT2D eigenvalue weighted by Crippen LogP contribution is -2.50. The first-order valence-electron chi connectivity index (χ1n) is 7.65. The molecule has 0 bridgehead atoms. The maximum absolute atomic E-state index is 11.8. The molecule has 118 valence electrons. The van der Waals surface area contributed by atoms with E-state index in [1.165, 1.54) is 7.11 Å². The molecule has 1 aliphatic heterocycles. The zero-order valence-corrected chi connectivity index (χ0v) is 13.1. The number of nitrogens with one attached hydrogen (secondary N) is 1. The SMILES string of the molecule is CCNC(C)(CCCCOC1CCOCC1)C(=O)OC. The van der Waals surface area contributed by atoms with Crippen molar-refractivity contribution in [1.29, 1.82) is 0 Å². The molecular formula is C15H29NO4. The van der Waals surface area contributed by atoms with Crippen LogP contribution in [0, 0.1) is 0 Å². The monoisotopic (exact) mass is 287 g/mol. The molecule has 0 aromatic heterocycles. The van der Waals surface area contributed by atoms with Crippen molar-refractivity contribution in [3.8, 4) is 0 Å². The number of ether oxygens (including phenoxy) is 3. The van der Waals surface area contributed by atoms with Crippen molar-refractivity contribution < 1.29 is 19.0 Å². The Morgan fingerprint density at radius 2 is 2.05 bits per heavy atom. The number of likely N-dealkylation sites (N-methyl/N-ethyl adjacent to an activating group) is 1. The van der Waals surface area contributed by atoms with Gasteiger partial charge in [-0.15, -0.1) is 0 Å². The van der Waals surface area contributed by atoms with Gasteiger partial charge in [0.25, 0.3) is 0 Å². The summed E-state index contributed by atoms with van der Waals surface area (Å²) in [4.78, 5) is 11.8. The number of esters is 1. The summed E-state index contributed by atoms with van der Waals surface area (Å²) < 4.78 is 16.0. The molecule has 5 heteroatoms. The van der Waals surface area contributed by atoms with Crippen molar-refractivity contribution in [3.05, 3.63) is 0 Å². The third-order valence-corrected chi connectivity index (χ3v) is 3.80. The molecule has 1 fully saturated rings. The van der Waals surface area contributed by atoms with Gasteiger partial charge in [-0.3, -0.25) is 4.79 Å². The molecule has 5 nitrogen and oxygen atoms in total. The molecule has 1 saturated heterocycles. The lowest BCUT2D eigenvalue weighted by molar-refractivity contribution is -0.148. The zero-order chi connectivity index (χ0) is 14.8. The molecule has 1 atom stereocenters. The molecular weight excluding hydrogens is 258 g/mol. The molecule has 0 radical (unpaired) electrons. The molecule has 1 rings (SSSR count). The average molecular weight is 287 g/mol. The standard InChI is InChI=1S/C15H29NO4/c1-4-16-15(2,14(17)18-3)9-5-6-10-20-13-7-11-19-12-8-13/h13,16H,4-12H2,1-3H3. The first-order valence-corrected chi connectivity index (χ1v) is 7.65. The van der Waals surface area contributed by atoms with Crippen LogP contribution in [0.3, 0.4) is 0 Å². The van der Waals surface area contributed by atoms with Crippen LogP contribution in [0.25, 0.3) is 0 Å². The second kappa shape index (κ2) is 9.32. The third-order valence-electron chi connectivity index (χ3n) is 3.80. The van der Waals surface area contributed by atoms with E-state index in [1.54, 1.807) is 0 Å². The van der Waals surface area contributed by atoms with Crippen LogP contribution < -0.4 is 5.32 Å². The normalized spacial score (nSPS) is 19.6. The van der Waals surface area contributed by atoms with Gasteiger partial charge in [-0.2, -0.15) is 0 Å². The summed E-state index contributed by atoms with van der Waals surface area (Å²) in [6.07, 6.45) is 5.03. The second-order valence-corrected chi connectivity index (χ2v) is 5.49. The quantitative estimate of drug-likeness (QED) is 0.518. The highest BCUT2D eigenvalue weighted by Gasteiger charge is 2.32. The maximum Gasteiger partial charge on any atom is 0.325 e. The topological polar surface area (TPSA) is 56.8 Å². The van der Waals surface area contributed by atoms with Gasteiger partial charge in [-0.25, -0.2) is 0 Å². The van der Waals surface area contributed by atoms with Crippen LogP contribution in [0.2, 0.25) is 0 Å². The fourth-order valence-corrected chi connectivity index (χ4v) is 2.55. The van der Waals surface area contributed by atoms with Gasteiger partial charge in [0.05, 0.1) is 13.2 Å². The summed E-state index contributed by atoms with van der Waals surface area (Å²) >= 11 is 0. The molecule has 0 aliphatic carbocycles. The number of carbonyl (C=O) groups is 1. The predicted octanol–water partition coefficient (Wildman–Crippen LogP) is 1.89. The molecule has 1 N–H and O–H groups in total. The van der Waals surface area contributed by atoms with Crippen molar-refractivity contribution in [1.82, 2.24) is 5.32 Å². The third kappa shape index (κ3) is 5.77. The van der Waals surface area contributed by atoms with Gasteiger partial charge in [0, 0.05) is 19.8 Å². The van der Waals surface area contributed by atoms with E-state index in [-0.39, 0.29) is 5.97 Å². The van der Waals surface area contributed by atoms with E-state index in [0.717, 1.165) is 58.5 Å². The predicted molar refractivity (Wildman–Crippen MR) is 77.7 cm³/mol. The highest BCUT2D eigenvalue weighted by Crippen LogP contribution is 2.17. The molecule has 0 amide bonds. The van der Waals surface area contributed by atoms with E-state index in [2.05, 4.69) is 5.32 Å². The van der Waals surface area contributed by atoms with E-state index in [4.69, 9.17) is 14.2 Å². The number of hydrogen-bond donors (Lipinski definition) is 1. The Balaban J connectivity index is 2.18.